The van der Waals surface area contributed by atoms with Crippen LogP contribution in [0.5, 0.6) is 5.75 Å². The fourth-order valence-electron chi connectivity index (χ4n) is 3.28. The van der Waals surface area contributed by atoms with Crippen molar-refractivity contribution < 1.29 is 9.53 Å². The number of methoxy groups -OCH3 is 1. The number of ether oxygens (including phenoxy) is 1. The molecule has 8 heteroatoms. The maximum absolute atomic E-state index is 11.7. The minimum Gasteiger partial charge on any atom is -0.495 e. The summed E-state index contributed by atoms with van der Waals surface area (Å²) in [5, 5.41) is 8.23. The topological polar surface area (TPSA) is 79.4 Å². The van der Waals surface area contributed by atoms with Crippen LogP contribution < -0.4 is 20.3 Å². The minimum absolute atomic E-state index is 0.0442. The minimum atomic E-state index is -0.0442. The molecule has 0 atom stereocenters. The number of carbonyl (C=O) groups excluding carboxylic acids is 1. The van der Waals surface area contributed by atoms with Crippen molar-refractivity contribution in [1.82, 2.24) is 9.97 Å². The third-order valence-electron chi connectivity index (χ3n) is 4.82. The van der Waals surface area contributed by atoms with Crippen LogP contribution in [0.15, 0.2) is 41.9 Å². The molecular weight excluding hydrogens is 386 g/mol. The molecular formula is C21H23N5O2S. The highest BCUT2D eigenvalue weighted by Gasteiger charge is 2.19. The second kappa shape index (κ2) is 8.48. The zero-order valence-electron chi connectivity index (χ0n) is 16.4. The van der Waals surface area contributed by atoms with E-state index in [0.717, 1.165) is 25.3 Å². The fourth-order valence-corrected chi connectivity index (χ4v) is 4.17. The highest BCUT2D eigenvalue weighted by atomic mass is 32.1. The van der Waals surface area contributed by atoms with Gasteiger partial charge in [-0.15, -0.1) is 11.3 Å². The summed E-state index contributed by atoms with van der Waals surface area (Å²) in [4.78, 5) is 24.5. The number of rotatable bonds is 6. The molecule has 0 bridgehead atoms. The largest absolute Gasteiger partial charge is 0.495 e. The summed E-state index contributed by atoms with van der Waals surface area (Å²) in [6.07, 6.45) is 3.21. The molecule has 0 radical (unpaired) electrons. The summed E-state index contributed by atoms with van der Waals surface area (Å²) in [5.74, 6) is 1.97. The van der Waals surface area contributed by atoms with Crippen molar-refractivity contribution in [2.75, 3.05) is 29.2 Å². The van der Waals surface area contributed by atoms with Gasteiger partial charge in [-0.25, -0.2) is 4.98 Å². The molecule has 1 amide bonds. The molecule has 4 rings (SSSR count). The van der Waals surface area contributed by atoms with Gasteiger partial charge in [0.25, 0.3) is 0 Å². The second-order valence-electron chi connectivity index (χ2n) is 6.72. The molecule has 0 fully saturated rings. The van der Waals surface area contributed by atoms with Crippen LogP contribution in [0.2, 0.25) is 0 Å². The normalized spacial score (nSPS) is 13.0. The van der Waals surface area contributed by atoms with Gasteiger partial charge in [0, 0.05) is 36.3 Å². The van der Waals surface area contributed by atoms with Crippen molar-refractivity contribution in [3.63, 3.8) is 0 Å². The summed E-state index contributed by atoms with van der Waals surface area (Å²) in [6, 6.07) is 9.55. The molecule has 3 aromatic rings. The third kappa shape index (κ3) is 4.32. The van der Waals surface area contributed by atoms with Gasteiger partial charge in [-0.1, -0.05) is 6.92 Å². The molecule has 2 N–H and O–H groups in total. The monoisotopic (exact) mass is 409 g/mol. The number of fused-ring (bicyclic) bond motifs is 1. The summed E-state index contributed by atoms with van der Waals surface area (Å²) < 4.78 is 5.44. The third-order valence-corrected chi connectivity index (χ3v) is 5.85. The van der Waals surface area contributed by atoms with E-state index in [2.05, 4.69) is 32.0 Å². The van der Waals surface area contributed by atoms with Gasteiger partial charge >= 0.3 is 0 Å². The summed E-state index contributed by atoms with van der Waals surface area (Å²) >= 11 is 1.82. The molecule has 1 aromatic carbocycles. The quantitative estimate of drug-likeness (QED) is 0.635. The molecule has 3 heterocycles. The van der Waals surface area contributed by atoms with Crippen molar-refractivity contribution in [1.29, 1.82) is 0 Å². The average Bonchev–Trinajstić information content (AvgIpc) is 3.22. The standard InChI is InChI=1S/C21H23N5O2S/c1-3-20(27)23-15-4-5-17(28-2)16(12-15)24-21-22-9-6-19(25-21)26-10-7-18-14(13-26)8-11-29-18/h4-6,8-9,11-12H,3,7,10,13H2,1-2H3,(H,23,27)(H,22,24,25). The van der Waals surface area contributed by atoms with E-state index in [1.807, 2.05) is 30.4 Å². The zero-order chi connectivity index (χ0) is 20.2. The molecule has 0 saturated heterocycles. The van der Waals surface area contributed by atoms with E-state index in [1.54, 1.807) is 25.4 Å². The first kappa shape index (κ1) is 19.2. The number of amides is 1. The number of thiophene rings is 1. The first-order chi connectivity index (χ1) is 14.2. The first-order valence-corrected chi connectivity index (χ1v) is 10.4. The van der Waals surface area contributed by atoms with E-state index in [0.29, 0.717) is 29.5 Å². The zero-order valence-corrected chi connectivity index (χ0v) is 17.3. The molecule has 0 saturated carbocycles. The lowest BCUT2D eigenvalue weighted by Crippen LogP contribution is -2.30. The van der Waals surface area contributed by atoms with Crippen LogP contribution >= 0.6 is 11.3 Å². The Morgan fingerprint density at radius 1 is 1.31 bits per heavy atom. The predicted molar refractivity (Wildman–Crippen MR) is 116 cm³/mol. The van der Waals surface area contributed by atoms with Crippen LogP contribution in [0, 0.1) is 0 Å². The summed E-state index contributed by atoms with van der Waals surface area (Å²) in [7, 11) is 1.61. The van der Waals surface area contributed by atoms with Crippen LogP contribution in [0.4, 0.5) is 23.1 Å². The lowest BCUT2D eigenvalue weighted by Gasteiger charge is -2.28. The van der Waals surface area contributed by atoms with Gasteiger partial charge in [-0.2, -0.15) is 4.98 Å². The number of aromatic nitrogens is 2. The molecule has 1 aliphatic rings. The van der Waals surface area contributed by atoms with Crippen molar-refractivity contribution in [2.24, 2.45) is 0 Å². The Morgan fingerprint density at radius 2 is 2.21 bits per heavy atom. The van der Waals surface area contributed by atoms with Gasteiger partial charge in [0.15, 0.2) is 0 Å². The van der Waals surface area contributed by atoms with Gasteiger partial charge in [0.05, 0.1) is 12.8 Å². The van der Waals surface area contributed by atoms with E-state index >= 15 is 0 Å². The summed E-state index contributed by atoms with van der Waals surface area (Å²) in [6.45, 7) is 3.61. The van der Waals surface area contributed by atoms with Gasteiger partial charge in [-0.05, 0) is 47.7 Å². The Morgan fingerprint density at radius 3 is 3.03 bits per heavy atom. The Hall–Kier alpha value is -3.13. The van der Waals surface area contributed by atoms with E-state index < -0.39 is 0 Å². The number of anilines is 4. The SMILES string of the molecule is CCC(=O)Nc1ccc(OC)c(Nc2nccc(N3CCc4sccc4C3)n2)c1. The number of hydrogen-bond acceptors (Lipinski definition) is 7. The Balaban J connectivity index is 1.55. The van der Waals surface area contributed by atoms with Gasteiger partial charge in [-0.3, -0.25) is 4.79 Å². The van der Waals surface area contributed by atoms with E-state index in [1.165, 1.54) is 10.4 Å². The highest BCUT2D eigenvalue weighted by molar-refractivity contribution is 7.10. The molecule has 1 aliphatic heterocycles. The molecule has 150 valence electrons. The summed E-state index contributed by atoms with van der Waals surface area (Å²) in [5.41, 5.74) is 2.75. The predicted octanol–water partition coefficient (Wildman–Crippen LogP) is 4.20. The molecule has 29 heavy (non-hydrogen) atoms. The van der Waals surface area contributed by atoms with Crippen molar-refractivity contribution in [2.45, 2.75) is 26.3 Å². The van der Waals surface area contributed by atoms with Gasteiger partial charge < -0.3 is 20.3 Å². The Kier molecular flexibility index (Phi) is 5.62. The Labute approximate surface area is 173 Å². The smallest absolute Gasteiger partial charge is 0.229 e. The fraction of sp³-hybridized carbons (Fsp3) is 0.286. The van der Waals surface area contributed by atoms with Crippen LogP contribution in [0.3, 0.4) is 0 Å². The van der Waals surface area contributed by atoms with E-state index in [9.17, 15) is 4.79 Å². The highest BCUT2D eigenvalue weighted by Crippen LogP contribution is 2.31. The van der Waals surface area contributed by atoms with Gasteiger partial charge in [0.2, 0.25) is 11.9 Å². The molecule has 2 aromatic heterocycles. The molecule has 0 aliphatic carbocycles. The second-order valence-corrected chi connectivity index (χ2v) is 7.72. The van der Waals surface area contributed by atoms with Crippen LogP contribution in [0.25, 0.3) is 0 Å². The number of nitrogens with one attached hydrogen (secondary N) is 2. The van der Waals surface area contributed by atoms with Crippen LogP contribution in [-0.4, -0.2) is 29.5 Å². The molecule has 7 nitrogen and oxygen atoms in total. The van der Waals surface area contributed by atoms with Crippen LogP contribution in [-0.2, 0) is 17.8 Å². The van der Waals surface area contributed by atoms with Crippen LogP contribution in [0.1, 0.15) is 23.8 Å². The lowest BCUT2D eigenvalue weighted by molar-refractivity contribution is -0.115. The van der Waals surface area contributed by atoms with E-state index in [4.69, 9.17) is 9.72 Å². The van der Waals surface area contributed by atoms with Gasteiger partial charge in [0.1, 0.15) is 11.6 Å². The van der Waals surface area contributed by atoms with Crippen molar-refractivity contribution in [3.05, 3.63) is 52.3 Å². The number of nitrogens with zero attached hydrogens (tertiary/aromatic N) is 3. The molecule has 0 unspecified atom stereocenters. The number of hydrogen-bond donors (Lipinski definition) is 2. The number of carbonyl (C=O) groups is 1. The first-order valence-electron chi connectivity index (χ1n) is 9.54. The maximum atomic E-state index is 11.7. The lowest BCUT2D eigenvalue weighted by atomic mass is 10.1. The molecule has 0 spiro atoms. The maximum Gasteiger partial charge on any atom is 0.229 e. The van der Waals surface area contributed by atoms with Crippen molar-refractivity contribution >= 4 is 40.4 Å². The van der Waals surface area contributed by atoms with E-state index in [-0.39, 0.29) is 5.91 Å². The van der Waals surface area contributed by atoms with Crippen molar-refractivity contribution in [3.8, 4) is 5.75 Å². The average molecular weight is 410 g/mol. The Bertz CT molecular complexity index is 1020. The number of benzene rings is 1.